The van der Waals surface area contributed by atoms with Crippen LogP contribution in [0.3, 0.4) is 0 Å². The normalized spacial score (nSPS) is 11.4. The van der Waals surface area contributed by atoms with Crippen molar-refractivity contribution >= 4 is 5.97 Å². The number of aliphatic carboxylic acids is 1. The van der Waals surface area contributed by atoms with Gasteiger partial charge in [-0.05, 0) is 13.0 Å². The molecule has 0 rings (SSSR count). The second-order valence-corrected chi connectivity index (χ2v) is 1.68. The van der Waals surface area contributed by atoms with Crippen LogP contribution in [0.2, 0.25) is 0 Å². The lowest BCUT2D eigenvalue weighted by atomic mass is 10.3. The van der Waals surface area contributed by atoms with E-state index in [-0.39, 0.29) is 5.57 Å². The van der Waals surface area contributed by atoms with Gasteiger partial charge in [0.1, 0.15) is 0 Å². The van der Waals surface area contributed by atoms with Crippen LogP contribution in [-0.4, -0.2) is 11.1 Å². The highest BCUT2D eigenvalue weighted by molar-refractivity contribution is 5.86. The van der Waals surface area contributed by atoms with E-state index in [4.69, 9.17) is 11.5 Å². The second kappa shape index (κ2) is 4.39. The summed E-state index contributed by atoms with van der Waals surface area (Å²) in [6.45, 7) is 1.50. The Morgan fingerprint density at radius 1 is 1.70 bits per heavy atom. The molecule has 0 aliphatic heterocycles. The van der Waals surface area contributed by atoms with Crippen molar-refractivity contribution in [3.63, 3.8) is 0 Å². The van der Waals surface area contributed by atoms with Crippen molar-refractivity contribution in [1.82, 2.24) is 0 Å². The zero-order valence-electron chi connectivity index (χ0n) is 5.66. The van der Waals surface area contributed by atoms with Gasteiger partial charge in [0, 0.05) is 5.57 Å². The maximum atomic E-state index is 10.1. The third-order valence-electron chi connectivity index (χ3n) is 0.876. The third kappa shape index (κ3) is 3.50. The lowest BCUT2D eigenvalue weighted by Gasteiger charge is -1.85. The molecule has 0 bridgehead atoms. The van der Waals surface area contributed by atoms with Crippen LogP contribution in [-0.2, 0) is 4.79 Å². The summed E-state index contributed by atoms with van der Waals surface area (Å²) in [7, 11) is 0. The first-order valence-corrected chi connectivity index (χ1v) is 2.71. The maximum Gasteiger partial charge on any atom is 0.331 e. The molecule has 0 saturated heterocycles. The van der Waals surface area contributed by atoms with Gasteiger partial charge in [0.15, 0.2) is 0 Å². The van der Waals surface area contributed by atoms with E-state index in [0.717, 1.165) is 0 Å². The van der Waals surface area contributed by atoms with Crippen molar-refractivity contribution in [1.29, 1.82) is 0 Å². The fourth-order valence-corrected chi connectivity index (χ4v) is 0.319. The average Bonchev–Trinajstić information content (AvgIpc) is 1.88. The summed E-state index contributed by atoms with van der Waals surface area (Å²) in [5.74, 6) is 1.31. The Balaban J connectivity index is 4.08. The Labute approximate surface area is 59.9 Å². The molecule has 0 aliphatic rings. The predicted molar refractivity (Wildman–Crippen MR) is 39.4 cm³/mol. The molecule has 0 saturated carbocycles. The maximum absolute atomic E-state index is 10.1. The quantitative estimate of drug-likeness (QED) is 0.352. The smallest absolute Gasteiger partial charge is 0.331 e. The molecule has 0 aromatic heterocycles. The van der Waals surface area contributed by atoms with E-state index in [0.29, 0.717) is 0 Å². The van der Waals surface area contributed by atoms with Gasteiger partial charge in [-0.25, -0.2) is 4.79 Å². The highest BCUT2D eigenvalue weighted by Gasteiger charge is 1.94. The van der Waals surface area contributed by atoms with Gasteiger partial charge in [0.2, 0.25) is 0 Å². The molecule has 0 amide bonds. The van der Waals surface area contributed by atoms with Crippen LogP contribution in [0.15, 0.2) is 23.8 Å². The topological polar surface area (TPSA) is 37.3 Å². The summed E-state index contributed by atoms with van der Waals surface area (Å²) >= 11 is 0. The minimum atomic E-state index is -0.929. The van der Waals surface area contributed by atoms with Crippen molar-refractivity contribution in [2.75, 3.05) is 0 Å². The van der Waals surface area contributed by atoms with Crippen molar-refractivity contribution < 1.29 is 9.90 Å². The number of terminal acetylenes is 1. The zero-order chi connectivity index (χ0) is 7.98. The Bertz CT molecular complexity index is 216. The number of hydrogen-bond acceptors (Lipinski definition) is 1. The molecular formula is C8H8O2. The summed E-state index contributed by atoms with van der Waals surface area (Å²) in [6.07, 6.45) is 9.28. The Kier molecular flexibility index (Phi) is 3.74. The fourth-order valence-electron chi connectivity index (χ4n) is 0.319. The molecule has 0 atom stereocenters. The van der Waals surface area contributed by atoms with Gasteiger partial charge in [-0.15, -0.1) is 6.42 Å². The number of rotatable bonds is 2. The van der Waals surface area contributed by atoms with Gasteiger partial charge in [0.25, 0.3) is 0 Å². The van der Waals surface area contributed by atoms with Crippen LogP contribution >= 0.6 is 0 Å². The van der Waals surface area contributed by atoms with Gasteiger partial charge >= 0.3 is 5.97 Å². The van der Waals surface area contributed by atoms with Crippen LogP contribution in [0.4, 0.5) is 0 Å². The van der Waals surface area contributed by atoms with Crippen LogP contribution in [0.25, 0.3) is 0 Å². The summed E-state index contributed by atoms with van der Waals surface area (Å²) in [5.41, 5.74) is 0.270. The number of carbonyl (C=O) groups is 1. The molecule has 0 radical (unpaired) electrons. The van der Waals surface area contributed by atoms with Crippen molar-refractivity contribution in [2.45, 2.75) is 6.92 Å². The fraction of sp³-hybridized carbons (Fsp3) is 0.125. The standard InChI is InChI=1S/C8H8O2/c1-3-4-5-6-7(2)8(9)10/h1,4-6H,2H3,(H,9,10)/b5-4+,7-6-. The highest BCUT2D eigenvalue weighted by atomic mass is 16.4. The molecule has 52 valence electrons. The molecule has 10 heavy (non-hydrogen) atoms. The molecule has 0 heterocycles. The van der Waals surface area contributed by atoms with Crippen molar-refractivity contribution in [3.8, 4) is 12.3 Å². The Morgan fingerprint density at radius 3 is 2.70 bits per heavy atom. The number of hydrogen-bond donors (Lipinski definition) is 1. The number of carboxylic acids is 1. The number of allylic oxidation sites excluding steroid dienone is 3. The Hall–Kier alpha value is -1.49. The van der Waals surface area contributed by atoms with E-state index < -0.39 is 5.97 Å². The lowest BCUT2D eigenvalue weighted by molar-refractivity contribution is -0.132. The van der Waals surface area contributed by atoms with E-state index in [1.807, 2.05) is 0 Å². The van der Waals surface area contributed by atoms with Crippen LogP contribution < -0.4 is 0 Å². The molecule has 0 unspecified atom stereocenters. The van der Waals surface area contributed by atoms with Crippen LogP contribution in [0, 0.1) is 12.3 Å². The lowest BCUT2D eigenvalue weighted by Crippen LogP contribution is -1.94. The zero-order valence-corrected chi connectivity index (χ0v) is 5.66. The van der Waals surface area contributed by atoms with Gasteiger partial charge in [-0.1, -0.05) is 18.1 Å². The molecule has 0 fully saturated rings. The minimum absolute atomic E-state index is 0.270. The molecule has 0 aromatic carbocycles. The average molecular weight is 136 g/mol. The van der Waals surface area contributed by atoms with E-state index in [1.165, 1.54) is 25.2 Å². The summed E-state index contributed by atoms with van der Waals surface area (Å²) in [4.78, 5) is 10.1. The molecular weight excluding hydrogens is 128 g/mol. The summed E-state index contributed by atoms with van der Waals surface area (Å²) in [5, 5.41) is 8.33. The van der Waals surface area contributed by atoms with E-state index in [1.54, 1.807) is 0 Å². The van der Waals surface area contributed by atoms with Gasteiger partial charge in [0.05, 0.1) is 0 Å². The van der Waals surface area contributed by atoms with E-state index in [9.17, 15) is 4.79 Å². The van der Waals surface area contributed by atoms with Crippen molar-refractivity contribution in [3.05, 3.63) is 23.8 Å². The second-order valence-electron chi connectivity index (χ2n) is 1.68. The first-order chi connectivity index (χ1) is 4.68. The number of carboxylic acid groups (broad SMARTS) is 1. The van der Waals surface area contributed by atoms with Gasteiger partial charge in [-0.2, -0.15) is 0 Å². The van der Waals surface area contributed by atoms with Crippen molar-refractivity contribution in [2.24, 2.45) is 0 Å². The molecule has 2 heteroatoms. The van der Waals surface area contributed by atoms with E-state index >= 15 is 0 Å². The monoisotopic (exact) mass is 136 g/mol. The van der Waals surface area contributed by atoms with Crippen LogP contribution in [0.5, 0.6) is 0 Å². The highest BCUT2D eigenvalue weighted by Crippen LogP contribution is 1.91. The molecule has 0 spiro atoms. The van der Waals surface area contributed by atoms with Gasteiger partial charge in [-0.3, -0.25) is 0 Å². The molecule has 0 aliphatic carbocycles. The minimum Gasteiger partial charge on any atom is -0.478 e. The summed E-state index contributed by atoms with van der Waals surface area (Å²) < 4.78 is 0. The van der Waals surface area contributed by atoms with Crippen LogP contribution in [0.1, 0.15) is 6.92 Å². The molecule has 0 aromatic rings. The van der Waals surface area contributed by atoms with Gasteiger partial charge < -0.3 is 5.11 Å². The first-order valence-electron chi connectivity index (χ1n) is 2.71. The molecule has 1 N–H and O–H groups in total. The Morgan fingerprint density at radius 2 is 2.30 bits per heavy atom. The van der Waals surface area contributed by atoms with E-state index in [2.05, 4.69) is 5.92 Å². The molecule has 2 nitrogen and oxygen atoms in total. The first kappa shape index (κ1) is 8.51. The summed E-state index contributed by atoms with van der Waals surface area (Å²) in [6, 6.07) is 0. The SMILES string of the molecule is C#C/C=C/C=C(/C)C(=O)O. The largest absolute Gasteiger partial charge is 0.478 e. The third-order valence-corrected chi connectivity index (χ3v) is 0.876. The predicted octanol–water partition coefficient (Wildman–Crippen LogP) is 1.21.